The predicted molar refractivity (Wildman–Crippen MR) is 103 cm³/mol. The summed E-state index contributed by atoms with van der Waals surface area (Å²) in [5.41, 5.74) is 1.83. The van der Waals surface area contributed by atoms with E-state index in [9.17, 15) is 9.36 Å². The van der Waals surface area contributed by atoms with Gasteiger partial charge in [0.1, 0.15) is 0 Å². The van der Waals surface area contributed by atoms with Crippen LogP contribution in [0.5, 0.6) is 0 Å². The monoisotopic (exact) mass is 422 g/mol. The molecule has 0 bridgehead atoms. The Kier molecular flexibility index (Phi) is 7.59. The molecular formula is C14H20BrN2O2PS2. The smallest absolute Gasteiger partial charge is 0.298 e. The van der Waals surface area contributed by atoms with Crippen LogP contribution in [0.15, 0.2) is 28.7 Å². The number of carbonyl (C=O) groups is 1. The number of amides is 1. The lowest BCUT2D eigenvalue weighted by atomic mass is 10.2. The van der Waals surface area contributed by atoms with Crippen LogP contribution < -0.4 is 0 Å². The Morgan fingerprint density at radius 3 is 2.41 bits per heavy atom. The number of carbonyl (C=O) groups excluding carboxylic acids is 1. The average molecular weight is 423 g/mol. The number of halogens is 1. The Bertz CT molecular complexity index is 583. The topological polar surface area (TPSA) is 40.6 Å². The van der Waals surface area contributed by atoms with E-state index in [2.05, 4.69) is 15.9 Å². The molecule has 0 aliphatic rings. The van der Waals surface area contributed by atoms with Crippen LogP contribution in [-0.4, -0.2) is 40.1 Å². The van der Waals surface area contributed by atoms with Crippen LogP contribution in [0.2, 0.25) is 0 Å². The first-order chi connectivity index (χ1) is 10.3. The van der Waals surface area contributed by atoms with E-state index in [1.54, 1.807) is 38.4 Å². The lowest BCUT2D eigenvalue weighted by molar-refractivity contribution is 0.0879. The van der Waals surface area contributed by atoms with E-state index in [0.717, 1.165) is 10.9 Å². The SMILES string of the molecule is CCC(C)SP(=O)(N(C)C=S)N(C)C(=O)c1ccc(Br)cc1. The largest absolute Gasteiger partial charge is 0.321 e. The predicted octanol–water partition coefficient (Wildman–Crippen LogP) is 5.05. The molecule has 22 heavy (non-hydrogen) atoms. The van der Waals surface area contributed by atoms with Crippen LogP contribution in [0, 0.1) is 0 Å². The molecule has 0 aliphatic carbocycles. The highest BCUT2D eigenvalue weighted by Crippen LogP contribution is 2.64. The minimum Gasteiger partial charge on any atom is -0.298 e. The summed E-state index contributed by atoms with van der Waals surface area (Å²) in [6.45, 7) is 0.871. The highest BCUT2D eigenvalue weighted by molar-refractivity contribution is 9.10. The minimum atomic E-state index is -3.15. The van der Waals surface area contributed by atoms with Gasteiger partial charge in [-0.3, -0.25) is 18.7 Å². The normalized spacial score (nSPS) is 14.8. The molecule has 1 amide bonds. The quantitative estimate of drug-likeness (QED) is 0.454. The molecule has 0 saturated heterocycles. The van der Waals surface area contributed by atoms with Crippen molar-refractivity contribution in [3.63, 3.8) is 0 Å². The zero-order chi connectivity index (χ0) is 16.9. The molecule has 2 unspecified atom stereocenters. The summed E-state index contributed by atoms with van der Waals surface area (Å²) in [7, 11) is 3.21. The van der Waals surface area contributed by atoms with E-state index in [1.807, 2.05) is 13.8 Å². The van der Waals surface area contributed by atoms with Gasteiger partial charge in [0.05, 0.1) is 5.49 Å². The second-order valence-electron chi connectivity index (χ2n) is 4.83. The fourth-order valence-corrected chi connectivity index (χ4v) is 7.33. The molecule has 1 aromatic rings. The highest BCUT2D eigenvalue weighted by Gasteiger charge is 2.37. The van der Waals surface area contributed by atoms with Gasteiger partial charge < -0.3 is 0 Å². The Morgan fingerprint density at radius 1 is 1.41 bits per heavy atom. The third-order valence-electron chi connectivity index (χ3n) is 3.21. The van der Waals surface area contributed by atoms with E-state index in [4.69, 9.17) is 12.2 Å². The fourth-order valence-electron chi connectivity index (χ4n) is 1.62. The molecule has 1 rings (SSSR count). The molecular weight excluding hydrogens is 403 g/mol. The van der Waals surface area contributed by atoms with Gasteiger partial charge in [-0.25, -0.2) is 0 Å². The first kappa shape index (κ1) is 19.7. The van der Waals surface area contributed by atoms with Gasteiger partial charge >= 0.3 is 6.65 Å². The Labute approximate surface area is 150 Å². The zero-order valence-corrected chi connectivity index (χ0v) is 17.1. The van der Waals surface area contributed by atoms with Gasteiger partial charge in [-0.05, 0) is 30.7 Å². The van der Waals surface area contributed by atoms with Crippen molar-refractivity contribution >= 4 is 57.6 Å². The molecule has 8 heteroatoms. The first-order valence-electron chi connectivity index (χ1n) is 6.77. The third kappa shape index (κ3) is 4.57. The molecule has 0 heterocycles. The van der Waals surface area contributed by atoms with Crippen LogP contribution in [0.3, 0.4) is 0 Å². The molecule has 0 radical (unpaired) electrons. The Balaban J connectivity index is 3.13. The molecule has 4 nitrogen and oxygen atoms in total. The molecule has 0 fully saturated rings. The van der Waals surface area contributed by atoms with E-state index in [0.29, 0.717) is 5.56 Å². The van der Waals surface area contributed by atoms with Crippen LogP contribution in [0.1, 0.15) is 30.6 Å². The summed E-state index contributed by atoms with van der Waals surface area (Å²) in [5.74, 6) is -0.282. The number of benzene rings is 1. The van der Waals surface area contributed by atoms with E-state index in [1.165, 1.54) is 26.2 Å². The Morgan fingerprint density at radius 2 is 1.95 bits per heavy atom. The van der Waals surface area contributed by atoms with Crippen LogP contribution >= 0.6 is 46.2 Å². The maximum atomic E-state index is 13.4. The summed E-state index contributed by atoms with van der Waals surface area (Å²) < 4.78 is 17.1. The van der Waals surface area contributed by atoms with Gasteiger partial charge in [-0.2, -0.15) is 0 Å². The standard InChI is InChI=1S/C14H20BrN2O2PS2/c1-5-11(2)22-20(19,16(3)10-21)17(4)14(18)12-6-8-13(15)9-7-12/h6-11H,5H2,1-4H3. The minimum absolute atomic E-state index is 0.156. The van der Waals surface area contributed by atoms with E-state index < -0.39 is 6.65 Å². The van der Waals surface area contributed by atoms with Crippen molar-refractivity contribution in [3.05, 3.63) is 34.3 Å². The van der Waals surface area contributed by atoms with Gasteiger partial charge in [0, 0.05) is 29.4 Å². The van der Waals surface area contributed by atoms with Crippen molar-refractivity contribution in [2.24, 2.45) is 0 Å². The van der Waals surface area contributed by atoms with E-state index in [-0.39, 0.29) is 11.2 Å². The van der Waals surface area contributed by atoms with Gasteiger partial charge in [-0.15, -0.1) is 0 Å². The fraction of sp³-hybridized carbons (Fsp3) is 0.429. The van der Waals surface area contributed by atoms with Crippen LogP contribution in [-0.2, 0) is 4.57 Å². The van der Waals surface area contributed by atoms with Gasteiger partial charge in [0.2, 0.25) is 0 Å². The molecule has 1 aromatic carbocycles. The summed E-state index contributed by atoms with van der Waals surface area (Å²) in [6.07, 6.45) is 0.861. The highest BCUT2D eigenvalue weighted by atomic mass is 79.9. The summed E-state index contributed by atoms with van der Waals surface area (Å²) in [5, 5.41) is 0.156. The molecule has 0 aliphatic heterocycles. The summed E-state index contributed by atoms with van der Waals surface area (Å²) in [6, 6.07) is 6.99. The number of rotatable bonds is 7. The number of nitrogens with zero attached hydrogens (tertiary/aromatic N) is 2. The first-order valence-corrected chi connectivity index (χ1v) is 11.1. The lowest BCUT2D eigenvalue weighted by Gasteiger charge is -2.34. The average Bonchev–Trinajstić information content (AvgIpc) is 2.52. The molecule has 0 spiro atoms. The number of hydrogen-bond acceptors (Lipinski definition) is 4. The summed E-state index contributed by atoms with van der Waals surface area (Å²) >= 11 is 9.55. The maximum absolute atomic E-state index is 13.4. The molecule has 0 saturated carbocycles. The number of hydrogen-bond donors (Lipinski definition) is 0. The van der Waals surface area contributed by atoms with E-state index >= 15 is 0 Å². The zero-order valence-electron chi connectivity index (χ0n) is 13.0. The molecule has 122 valence electrons. The van der Waals surface area contributed by atoms with Crippen molar-refractivity contribution in [1.82, 2.24) is 9.34 Å². The van der Waals surface area contributed by atoms with Gasteiger partial charge in [0.25, 0.3) is 5.91 Å². The van der Waals surface area contributed by atoms with Crippen molar-refractivity contribution in [2.45, 2.75) is 25.5 Å². The second-order valence-corrected chi connectivity index (χ2v) is 11.2. The van der Waals surface area contributed by atoms with Gasteiger partial charge in [-0.1, -0.05) is 53.4 Å². The van der Waals surface area contributed by atoms with Crippen molar-refractivity contribution in [3.8, 4) is 0 Å². The van der Waals surface area contributed by atoms with Crippen molar-refractivity contribution < 1.29 is 9.36 Å². The van der Waals surface area contributed by atoms with Crippen LogP contribution in [0.4, 0.5) is 0 Å². The summed E-state index contributed by atoms with van der Waals surface area (Å²) in [4.78, 5) is 12.6. The Hall–Kier alpha value is -0.360. The number of thiocarbonyl (C=S) groups is 1. The third-order valence-corrected chi connectivity index (χ3v) is 10.4. The molecule has 2 atom stereocenters. The molecule has 0 aromatic heterocycles. The van der Waals surface area contributed by atoms with Gasteiger partial charge in [0.15, 0.2) is 0 Å². The van der Waals surface area contributed by atoms with Crippen LogP contribution in [0.25, 0.3) is 0 Å². The van der Waals surface area contributed by atoms with Crippen molar-refractivity contribution in [2.75, 3.05) is 14.1 Å². The molecule has 0 N–H and O–H groups in total. The maximum Gasteiger partial charge on any atom is 0.321 e. The lowest BCUT2D eigenvalue weighted by Crippen LogP contribution is -2.30. The van der Waals surface area contributed by atoms with Crippen molar-refractivity contribution in [1.29, 1.82) is 0 Å². The second kappa shape index (κ2) is 8.48.